The maximum Gasteiger partial charge on any atom is 0.180 e. The van der Waals surface area contributed by atoms with E-state index in [2.05, 4.69) is 70.8 Å². The summed E-state index contributed by atoms with van der Waals surface area (Å²) >= 11 is 0. The molecule has 1 N–H and O–H groups in total. The molecular formula is C11H20N8. The van der Waals surface area contributed by atoms with E-state index in [1.165, 1.54) is 0 Å². The molecule has 0 saturated carbocycles. The third-order valence-electron chi connectivity index (χ3n) is 3.09. The topological polar surface area (TPSA) is 98.1 Å². The lowest BCUT2D eigenvalue weighted by molar-refractivity contribution is 0.328. The summed E-state index contributed by atoms with van der Waals surface area (Å²) < 4.78 is 1.86. The summed E-state index contributed by atoms with van der Waals surface area (Å²) in [5.74, 6) is 1.59. The first-order chi connectivity index (χ1) is 8.81. The maximum atomic E-state index is 4.10. The van der Waals surface area contributed by atoms with Crippen LogP contribution in [0.4, 0.5) is 0 Å². The first kappa shape index (κ1) is 13.6. The Bertz CT molecular complexity index is 519. The van der Waals surface area contributed by atoms with Crippen molar-refractivity contribution in [3.8, 4) is 0 Å². The van der Waals surface area contributed by atoms with Crippen molar-refractivity contribution < 1.29 is 0 Å². The number of hydrogen-bond acceptors (Lipinski definition) is 6. The number of nitrogens with one attached hydrogen (secondary N) is 1. The highest BCUT2D eigenvalue weighted by Gasteiger charge is 2.27. The molecule has 2 rings (SSSR count). The predicted octanol–water partition coefficient (Wildman–Crippen LogP) is 0.852. The fraction of sp³-hybridized carbons (Fsp3) is 0.818. The Morgan fingerprint density at radius 2 is 1.84 bits per heavy atom. The van der Waals surface area contributed by atoms with Gasteiger partial charge in [0.1, 0.15) is 0 Å². The first-order valence-corrected chi connectivity index (χ1v) is 6.32. The number of H-pyrrole nitrogens is 1. The standard InChI is InChI=1S/C11H20N8/c1-10(2,3)19-8(12-17-18-19)6-7-11(4,5)9-13-15-16-14-9/h6-7H2,1-5H3,(H,13,14,15,16). The number of aromatic amines is 1. The molecule has 19 heavy (non-hydrogen) atoms. The van der Waals surface area contributed by atoms with Crippen molar-refractivity contribution >= 4 is 0 Å². The summed E-state index contributed by atoms with van der Waals surface area (Å²) in [7, 11) is 0. The van der Waals surface area contributed by atoms with Gasteiger partial charge >= 0.3 is 0 Å². The highest BCUT2D eigenvalue weighted by molar-refractivity contribution is 5.01. The van der Waals surface area contributed by atoms with E-state index >= 15 is 0 Å². The molecule has 0 aliphatic heterocycles. The van der Waals surface area contributed by atoms with Gasteiger partial charge in [-0.3, -0.25) is 0 Å². The van der Waals surface area contributed by atoms with Crippen LogP contribution >= 0.6 is 0 Å². The molecule has 2 heterocycles. The molecule has 0 unspecified atom stereocenters. The third-order valence-corrected chi connectivity index (χ3v) is 3.09. The molecule has 2 aromatic heterocycles. The second-order valence-corrected chi connectivity index (χ2v) is 6.30. The van der Waals surface area contributed by atoms with Crippen LogP contribution in [0.3, 0.4) is 0 Å². The second kappa shape index (κ2) is 4.67. The van der Waals surface area contributed by atoms with E-state index in [4.69, 9.17) is 0 Å². The minimum Gasteiger partial charge on any atom is -0.224 e. The Kier molecular flexibility index (Phi) is 3.34. The molecule has 0 atom stereocenters. The van der Waals surface area contributed by atoms with Crippen molar-refractivity contribution in [2.75, 3.05) is 0 Å². The van der Waals surface area contributed by atoms with E-state index in [0.717, 1.165) is 18.7 Å². The number of tetrazole rings is 2. The van der Waals surface area contributed by atoms with Gasteiger partial charge in [-0.1, -0.05) is 19.1 Å². The Hall–Kier alpha value is -1.86. The Labute approximate surface area is 112 Å². The molecule has 0 fully saturated rings. The largest absolute Gasteiger partial charge is 0.224 e. The molecule has 0 spiro atoms. The van der Waals surface area contributed by atoms with Crippen LogP contribution in [0.2, 0.25) is 0 Å². The number of aryl methyl sites for hydroxylation is 1. The molecule has 104 valence electrons. The van der Waals surface area contributed by atoms with E-state index in [0.29, 0.717) is 5.82 Å². The van der Waals surface area contributed by atoms with Crippen LogP contribution in [0.25, 0.3) is 0 Å². The molecule has 0 aromatic carbocycles. The number of nitrogens with zero attached hydrogens (tertiary/aromatic N) is 7. The molecule has 2 aromatic rings. The fourth-order valence-electron chi connectivity index (χ4n) is 1.87. The third kappa shape index (κ3) is 2.94. The van der Waals surface area contributed by atoms with Gasteiger partial charge in [0.2, 0.25) is 0 Å². The maximum absolute atomic E-state index is 4.10. The van der Waals surface area contributed by atoms with Gasteiger partial charge in [-0.15, -0.1) is 15.3 Å². The van der Waals surface area contributed by atoms with Crippen LogP contribution < -0.4 is 0 Å². The van der Waals surface area contributed by atoms with Crippen LogP contribution in [0.15, 0.2) is 0 Å². The highest BCUT2D eigenvalue weighted by Crippen LogP contribution is 2.25. The Balaban J connectivity index is 2.10. The summed E-state index contributed by atoms with van der Waals surface area (Å²) in [5, 5.41) is 26.1. The van der Waals surface area contributed by atoms with E-state index in [9.17, 15) is 0 Å². The molecule has 8 heteroatoms. The van der Waals surface area contributed by atoms with Gasteiger partial charge in [0.05, 0.1) is 5.54 Å². The summed E-state index contributed by atoms with van der Waals surface area (Å²) in [6.07, 6.45) is 1.62. The lowest BCUT2D eigenvalue weighted by atomic mass is 9.87. The van der Waals surface area contributed by atoms with Crippen LogP contribution in [0, 0.1) is 0 Å². The average Bonchev–Trinajstić information content (AvgIpc) is 2.97. The summed E-state index contributed by atoms with van der Waals surface area (Å²) in [5.41, 5.74) is -0.281. The lowest BCUT2D eigenvalue weighted by Gasteiger charge is -2.22. The van der Waals surface area contributed by atoms with Gasteiger partial charge in [-0.25, -0.2) is 4.68 Å². The van der Waals surface area contributed by atoms with E-state index in [1.807, 2.05) is 4.68 Å². The van der Waals surface area contributed by atoms with Crippen molar-refractivity contribution in [3.05, 3.63) is 11.6 Å². The molecule has 8 nitrogen and oxygen atoms in total. The normalized spacial score (nSPS) is 12.9. The zero-order valence-electron chi connectivity index (χ0n) is 12.0. The average molecular weight is 264 g/mol. The molecule has 0 radical (unpaired) electrons. The summed E-state index contributed by atoms with van der Waals surface area (Å²) in [6.45, 7) is 10.4. The Morgan fingerprint density at radius 1 is 1.11 bits per heavy atom. The monoisotopic (exact) mass is 264 g/mol. The fourth-order valence-corrected chi connectivity index (χ4v) is 1.87. The van der Waals surface area contributed by atoms with E-state index in [-0.39, 0.29) is 11.0 Å². The summed E-state index contributed by atoms with van der Waals surface area (Å²) in [6, 6.07) is 0. The summed E-state index contributed by atoms with van der Waals surface area (Å²) in [4.78, 5) is 0. The van der Waals surface area contributed by atoms with Gasteiger partial charge in [0.25, 0.3) is 0 Å². The minimum atomic E-state index is -0.165. The quantitative estimate of drug-likeness (QED) is 0.879. The van der Waals surface area contributed by atoms with Crippen molar-refractivity contribution in [1.82, 2.24) is 40.8 Å². The number of aromatic nitrogens is 8. The van der Waals surface area contributed by atoms with E-state index < -0.39 is 0 Å². The van der Waals surface area contributed by atoms with Crippen LogP contribution in [0.5, 0.6) is 0 Å². The van der Waals surface area contributed by atoms with Gasteiger partial charge in [0.15, 0.2) is 11.6 Å². The highest BCUT2D eigenvalue weighted by atomic mass is 15.6. The minimum absolute atomic E-state index is 0.116. The zero-order chi connectivity index (χ0) is 14.1. The number of rotatable bonds is 4. The van der Waals surface area contributed by atoms with Crippen molar-refractivity contribution in [3.63, 3.8) is 0 Å². The van der Waals surface area contributed by atoms with Gasteiger partial charge in [-0.2, -0.15) is 5.21 Å². The van der Waals surface area contributed by atoms with Gasteiger partial charge < -0.3 is 0 Å². The smallest absolute Gasteiger partial charge is 0.180 e. The van der Waals surface area contributed by atoms with Crippen molar-refractivity contribution in [2.45, 2.75) is 58.4 Å². The molecule has 0 saturated heterocycles. The SMILES string of the molecule is CC(C)(CCc1nnnn1C(C)(C)C)c1nn[nH]n1. The lowest BCUT2D eigenvalue weighted by Crippen LogP contribution is -2.27. The molecule has 0 aliphatic rings. The van der Waals surface area contributed by atoms with Crippen molar-refractivity contribution in [2.24, 2.45) is 0 Å². The van der Waals surface area contributed by atoms with Crippen LogP contribution in [-0.2, 0) is 17.4 Å². The van der Waals surface area contributed by atoms with Crippen molar-refractivity contribution in [1.29, 1.82) is 0 Å². The van der Waals surface area contributed by atoms with E-state index in [1.54, 1.807) is 0 Å². The predicted molar refractivity (Wildman–Crippen MR) is 68.3 cm³/mol. The van der Waals surface area contributed by atoms with Gasteiger partial charge in [0, 0.05) is 11.8 Å². The molecular weight excluding hydrogens is 244 g/mol. The van der Waals surface area contributed by atoms with Gasteiger partial charge in [-0.05, 0) is 37.6 Å². The molecule has 0 aliphatic carbocycles. The molecule has 0 amide bonds. The first-order valence-electron chi connectivity index (χ1n) is 6.32. The zero-order valence-corrected chi connectivity index (χ0v) is 12.0. The van der Waals surface area contributed by atoms with Crippen LogP contribution in [0.1, 0.15) is 52.7 Å². The Morgan fingerprint density at radius 3 is 2.42 bits per heavy atom. The molecule has 0 bridgehead atoms. The van der Waals surface area contributed by atoms with Crippen LogP contribution in [-0.4, -0.2) is 40.8 Å². The number of hydrogen-bond donors (Lipinski definition) is 1. The second-order valence-electron chi connectivity index (χ2n) is 6.30.